The number of alkyl halides is 2. The van der Waals surface area contributed by atoms with Crippen molar-refractivity contribution in [1.29, 1.82) is 0 Å². The van der Waals surface area contributed by atoms with Gasteiger partial charge in [0.15, 0.2) is 5.82 Å². The molecule has 2 saturated carbocycles. The minimum atomic E-state index is -0.206. The molecule has 0 aromatic carbocycles. The molecule has 1 aromatic rings. The topological polar surface area (TPSA) is 63.4 Å². The Morgan fingerprint density at radius 2 is 1.75 bits per heavy atom. The van der Waals surface area contributed by atoms with Crippen LogP contribution in [0.3, 0.4) is 0 Å². The van der Waals surface area contributed by atoms with E-state index in [9.17, 15) is 9.59 Å². The van der Waals surface area contributed by atoms with E-state index in [4.69, 9.17) is 4.52 Å². The first kappa shape index (κ1) is 13.0. The number of carbonyl (C=O) groups excluding carboxylic acids is 2. The van der Waals surface area contributed by atoms with E-state index >= 15 is 0 Å². The number of carbonyl (C=O) groups is 2. The minimum absolute atomic E-state index is 0.121. The van der Waals surface area contributed by atoms with Crippen molar-refractivity contribution in [2.24, 2.45) is 23.7 Å². The predicted molar refractivity (Wildman–Crippen MR) is 77.7 cm³/mol. The lowest BCUT2D eigenvalue weighted by molar-refractivity contribution is -0.123. The number of amides is 2. The molecule has 1 aromatic heterocycles. The maximum absolute atomic E-state index is 12.6. The van der Waals surface area contributed by atoms with Crippen LogP contribution < -0.4 is 4.90 Å². The maximum Gasteiger partial charge on any atom is 0.239 e. The number of anilines is 1. The number of aromatic nitrogens is 1. The summed E-state index contributed by atoms with van der Waals surface area (Å²) in [4.78, 5) is 27.0. The van der Waals surface area contributed by atoms with Crippen molar-refractivity contribution >= 4 is 49.5 Å². The van der Waals surface area contributed by atoms with Crippen molar-refractivity contribution in [2.75, 3.05) is 4.90 Å². The second kappa shape index (κ2) is 4.16. The first-order valence-corrected chi connectivity index (χ1v) is 8.43. The molecule has 20 heavy (non-hydrogen) atoms. The van der Waals surface area contributed by atoms with Crippen LogP contribution in [0.4, 0.5) is 5.82 Å². The summed E-state index contributed by atoms with van der Waals surface area (Å²) in [7, 11) is 0. The molecule has 106 valence electrons. The Kier molecular flexibility index (Phi) is 2.71. The van der Waals surface area contributed by atoms with Crippen LogP contribution in [0, 0.1) is 30.6 Å². The lowest BCUT2D eigenvalue weighted by atomic mass is 9.81. The maximum atomic E-state index is 12.6. The van der Waals surface area contributed by atoms with E-state index in [-0.39, 0.29) is 45.1 Å². The molecule has 2 bridgehead atoms. The Balaban J connectivity index is 1.74. The summed E-state index contributed by atoms with van der Waals surface area (Å²) in [6.45, 7) is 1.75. The van der Waals surface area contributed by atoms with Crippen molar-refractivity contribution in [2.45, 2.75) is 23.0 Å². The third kappa shape index (κ3) is 1.45. The van der Waals surface area contributed by atoms with Gasteiger partial charge in [0, 0.05) is 15.7 Å². The SMILES string of the molecule is Cc1cc(N2C(=O)[C@@H]3[C@@H]4C[C@@H]([C@@H](Br)[C@@H]4Br)[C@@H]3C2=O)no1. The molecular weight excluding hydrogens is 392 g/mol. The van der Waals surface area contributed by atoms with Gasteiger partial charge in [0.1, 0.15) is 5.76 Å². The highest BCUT2D eigenvalue weighted by Crippen LogP contribution is 2.60. The zero-order valence-electron chi connectivity index (χ0n) is 10.6. The first-order chi connectivity index (χ1) is 9.50. The summed E-state index contributed by atoms with van der Waals surface area (Å²) in [5.41, 5.74) is 0. The predicted octanol–water partition coefficient (Wildman–Crippen LogP) is 2.27. The van der Waals surface area contributed by atoms with Gasteiger partial charge in [-0.1, -0.05) is 37.0 Å². The molecule has 2 amide bonds. The molecule has 0 radical (unpaired) electrons. The molecule has 0 unspecified atom stereocenters. The van der Waals surface area contributed by atoms with Crippen LogP contribution in [0.25, 0.3) is 0 Å². The Bertz CT molecular complexity index is 585. The number of imide groups is 1. The second-order valence-electron chi connectivity index (χ2n) is 5.81. The van der Waals surface area contributed by atoms with Gasteiger partial charge in [-0.15, -0.1) is 0 Å². The summed E-state index contributed by atoms with van der Waals surface area (Å²) >= 11 is 7.32. The van der Waals surface area contributed by atoms with E-state index in [0.29, 0.717) is 11.6 Å². The lowest BCUT2D eigenvalue weighted by Gasteiger charge is -2.28. The highest BCUT2D eigenvalue weighted by molar-refractivity contribution is 9.12. The molecular formula is C13H12Br2N2O3. The van der Waals surface area contributed by atoms with E-state index in [1.807, 2.05) is 0 Å². The molecule has 2 heterocycles. The number of rotatable bonds is 1. The number of hydrogen-bond acceptors (Lipinski definition) is 4. The van der Waals surface area contributed by atoms with E-state index in [0.717, 1.165) is 6.42 Å². The van der Waals surface area contributed by atoms with Crippen molar-refractivity contribution < 1.29 is 14.1 Å². The van der Waals surface area contributed by atoms with Crippen LogP contribution in [0.5, 0.6) is 0 Å². The molecule has 3 aliphatic rings. The minimum Gasteiger partial charge on any atom is -0.360 e. The van der Waals surface area contributed by atoms with Crippen molar-refractivity contribution in [1.82, 2.24) is 5.16 Å². The number of halogens is 2. The Morgan fingerprint density at radius 1 is 1.20 bits per heavy atom. The van der Waals surface area contributed by atoms with Gasteiger partial charge in [0.05, 0.1) is 11.8 Å². The van der Waals surface area contributed by atoms with Crippen molar-refractivity contribution in [3.63, 3.8) is 0 Å². The van der Waals surface area contributed by atoms with Crippen LogP contribution in [0.1, 0.15) is 12.2 Å². The average molecular weight is 404 g/mol. The fourth-order valence-electron chi connectivity index (χ4n) is 4.03. The summed E-state index contributed by atoms with van der Waals surface area (Å²) in [6, 6.07) is 1.63. The largest absolute Gasteiger partial charge is 0.360 e. The number of fused-ring (bicyclic) bond motifs is 5. The average Bonchev–Trinajstić information content (AvgIpc) is 3.10. The van der Waals surface area contributed by atoms with E-state index in [2.05, 4.69) is 37.0 Å². The van der Waals surface area contributed by atoms with Gasteiger partial charge in [0.2, 0.25) is 11.8 Å². The van der Waals surface area contributed by atoms with Crippen LogP contribution in [-0.2, 0) is 9.59 Å². The van der Waals surface area contributed by atoms with Gasteiger partial charge in [0.25, 0.3) is 0 Å². The molecule has 0 spiro atoms. The fraction of sp³-hybridized carbons (Fsp3) is 0.615. The van der Waals surface area contributed by atoms with Gasteiger partial charge in [-0.05, 0) is 25.2 Å². The molecule has 2 aliphatic carbocycles. The number of aryl methyl sites for hydroxylation is 1. The van der Waals surface area contributed by atoms with Crippen molar-refractivity contribution in [3.8, 4) is 0 Å². The zero-order valence-corrected chi connectivity index (χ0v) is 13.8. The zero-order chi connectivity index (χ0) is 14.2. The molecule has 5 nitrogen and oxygen atoms in total. The molecule has 0 N–H and O–H groups in total. The number of nitrogens with zero attached hydrogens (tertiary/aromatic N) is 2. The van der Waals surface area contributed by atoms with E-state index in [1.54, 1.807) is 13.0 Å². The third-order valence-electron chi connectivity index (χ3n) is 4.83. The fourth-order valence-corrected chi connectivity index (χ4v) is 5.91. The Hall–Kier alpha value is -0.690. The van der Waals surface area contributed by atoms with E-state index < -0.39 is 0 Å². The Morgan fingerprint density at radius 3 is 2.20 bits per heavy atom. The quantitative estimate of drug-likeness (QED) is 0.533. The molecule has 1 saturated heterocycles. The van der Waals surface area contributed by atoms with Crippen LogP contribution in [-0.4, -0.2) is 26.6 Å². The van der Waals surface area contributed by atoms with Gasteiger partial charge < -0.3 is 4.52 Å². The number of hydrogen-bond donors (Lipinski definition) is 0. The lowest BCUT2D eigenvalue weighted by Crippen LogP contribution is -2.37. The van der Waals surface area contributed by atoms with Gasteiger partial charge in [-0.2, -0.15) is 0 Å². The molecule has 1 aliphatic heterocycles. The Labute approximate surface area is 132 Å². The molecule has 7 heteroatoms. The van der Waals surface area contributed by atoms with Crippen LogP contribution in [0.2, 0.25) is 0 Å². The van der Waals surface area contributed by atoms with Gasteiger partial charge >= 0.3 is 0 Å². The monoisotopic (exact) mass is 402 g/mol. The van der Waals surface area contributed by atoms with Crippen LogP contribution >= 0.6 is 31.9 Å². The van der Waals surface area contributed by atoms with Gasteiger partial charge in [-0.3, -0.25) is 9.59 Å². The second-order valence-corrected chi connectivity index (χ2v) is 7.93. The summed E-state index contributed by atoms with van der Waals surface area (Å²) in [5, 5.41) is 3.82. The summed E-state index contributed by atoms with van der Waals surface area (Å²) in [5.74, 6) is 0.716. The molecule has 3 fully saturated rings. The summed E-state index contributed by atoms with van der Waals surface area (Å²) < 4.78 is 4.99. The summed E-state index contributed by atoms with van der Waals surface area (Å²) in [6.07, 6.45) is 0.935. The standard InChI is InChI=1S/C13H12Br2N2O3/c1-4-2-7(16-20-4)17-12(18)8-5-3-6(9(8)13(17)19)11(15)10(5)14/h2,5-6,8-11H,3H2,1H3/t5-,6+,8+,9-,10-,11-/m1/s1. The highest BCUT2D eigenvalue weighted by Gasteiger charge is 2.66. The van der Waals surface area contributed by atoms with Crippen molar-refractivity contribution in [3.05, 3.63) is 11.8 Å². The smallest absolute Gasteiger partial charge is 0.239 e. The third-order valence-corrected chi connectivity index (χ3v) is 8.04. The van der Waals surface area contributed by atoms with Crippen LogP contribution in [0.15, 0.2) is 10.6 Å². The molecule has 4 rings (SSSR count). The van der Waals surface area contributed by atoms with Gasteiger partial charge in [-0.25, -0.2) is 4.90 Å². The molecule has 6 atom stereocenters. The first-order valence-electron chi connectivity index (χ1n) is 6.60. The highest BCUT2D eigenvalue weighted by atomic mass is 79.9. The normalized spacial score (nSPS) is 42.6. The van der Waals surface area contributed by atoms with E-state index in [1.165, 1.54) is 4.90 Å².